The number of ether oxygens (including phenoxy) is 2. The number of methoxy groups -OCH3 is 1. The molecule has 0 saturated carbocycles. The van der Waals surface area contributed by atoms with E-state index in [0.717, 1.165) is 5.75 Å². The molecule has 0 aliphatic carbocycles. The molecule has 0 heterocycles. The van der Waals surface area contributed by atoms with Crippen LogP contribution in [0.4, 0.5) is 0 Å². The summed E-state index contributed by atoms with van der Waals surface area (Å²) in [6, 6.07) is 5.91. The second-order valence-electron chi connectivity index (χ2n) is 4.44. The van der Waals surface area contributed by atoms with Gasteiger partial charge in [0.05, 0.1) is 13.2 Å². The minimum absolute atomic E-state index is 0.299. The first-order valence-electron chi connectivity index (χ1n) is 6.07. The van der Waals surface area contributed by atoms with Gasteiger partial charge in [0.25, 0.3) is 0 Å². The molecule has 0 spiro atoms. The van der Waals surface area contributed by atoms with Crippen LogP contribution >= 0.6 is 0 Å². The predicted octanol–water partition coefficient (Wildman–Crippen LogP) is 2.97. The van der Waals surface area contributed by atoms with Gasteiger partial charge in [-0.05, 0) is 30.0 Å². The first kappa shape index (κ1) is 13.8. The average molecular weight is 238 g/mol. The largest absolute Gasteiger partial charge is 0.493 e. The summed E-state index contributed by atoms with van der Waals surface area (Å²) < 4.78 is 10.8. The molecule has 0 bridgehead atoms. The van der Waals surface area contributed by atoms with Crippen LogP contribution < -0.4 is 9.47 Å². The van der Waals surface area contributed by atoms with Gasteiger partial charge in [0.2, 0.25) is 0 Å². The molecule has 1 atom stereocenters. The van der Waals surface area contributed by atoms with E-state index in [0.29, 0.717) is 24.7 Å². The molecule has 0 amide bonds. The third-order valence-electron chi connectivity index (χ3n) is 2.76. The average Bonchev–Trinajstić information content (AvgIpc) is 2.35. The van der Waals surface area contributed by atoms with Crippen molar-refractivity contribution >= 4 is 0 Å². The maximum atomic E-state index is 9.46. The van der Waals surface area contributed by atoms with Crippen molar-refractivity contribution in [2.24, 2.45) is 0 Å². The summed E-state index contributed by atoms with van der Waals surface area (Å²) in [6.07, 6.45) is 0.260. The number of rotatable bonds is 6. The van der Waals surface area contributed by atoms with Crippen molar-refractivity contribution in [2.45, 2.75) is 39.2 Å². The molecule has 3 nitrogen and oxygen atoms in total. The molecule has 3 heteroatoms. The van der Waals surface area contributed by atoms with E-state index >= 15 is 0 Å². The maximum Gasteiger partial charge on any atom is 0.161 e. The summed E-state index contributed by atoms with van der Waals surface area (Å²) in [7, 11) is 1.63. The second-order valence-corrected chi connectivity index (χ2v) is 4.44. The van der Waals surface area contributed by atoms with E-state index in [9.17, 15) is 5.11 Å². The number of aliphatic hydroxyl groups is 1. The van der Waals surface area contributed by atoms with Crippen LogP contribution in [0, 0.1) is 0 Å². The zero-order chi connectivity index (χ0) is 12.8. The Morgan fingerprint density at radius 2 is 1.94 bits per heavy atom. The van der Waals surface area contributed by atoms with E-state index in [-0.39, 0.29) is 0 Å². The van der Waals surface area contributed by atoms with Crippen molar-refractivity contribution < 1.29 is 14.6 Å². The quantitative estimate of drug-likeness (QED) is 0.828. The second kappa shape index (κ2) is 6.50. The molecule has 1 aromatic rings. The Morgan fingerprint density at radius 1 is 1.24 bits per heavy atom. The zero-order valence-electron chi connectivity index (χ0n) is 11.1. The Bertz CT molecular complexity index is 347. The highest BCUT2D eigenvalue weighted by Gasteiger charge is 2.09. The van der Waals surface area contributed by atoms with Gasteiger partial charge in [0.15, 0.2) is 11.5 Å². The van der Waals surface area contributed by atoms with Crippen molar-refractivity contribution in [3.05, 3.63) is 23.8 Å². The molecule has 1 rings (SSSR count). The van der Waals surface area contributed by atoms with E-state index in [1.165, 1.54) is 5.56 Å². The van der Waals surface area contributed by atoms with Gasteiger partial charge >= 0.3 is 0 Å². The number of hydrogen-bond acceptors (Lipinski definition) is 3. The fourth-order valence-corrected chi connectivity index (χ4v) is 1.47. The normalized spacial score (nSPS) is 12.6. The third-order valence-corrected chi connectivity index (χ3v) is 2.76. The topological polar surface area (TPSA) is 38.7 Å². The van der Waals surface area contributed by atoms with Crippen LogP contribution in [-0.4, -0.2) is 24.9 Å². The van der Waals surface area contributed by atoms with E-state index in [1.807, 2.05) is 25.1 Å². The van der Waals surface area contributed by atoms with Crippen LogP contribution in [0.15, 0.2) is 18.2 Å². The fraction of sp³-hybridized carbons (Fsp3) is 0.571. The smallest absolute Gasteiger partial charge is 0.161 e. The lowest BCUT2D eigenvalue weighted by Crippen LogP contribution is -2.16. The molecule has 0 aliphatic heterocycles. The molecule has 0 aromatic heterocycles. The molecular formula is C14H22O3. The Kier molecular flexibility index (Phi) is 5.29. The highest BCUT2D eigenvalue weighted by Crippen LogP contribution is 2.30. The molecule has 0 fully saturated rings. The van der Waals surface area contributed by atoms with E-state index < -0.39 is 6.10 Å². The molecular weight excluding hydrogens is 216 g/mol. The van der Waals surface area contributed by atoms with Crippen molar-refractivity contribution in [1.29, 1.82) is 0 Å². The minimum Gasteiger partial charge on any atom is -0.493 e. The first-order chi connectivity index (χ1) is 8.08. The molecule has 96 valence electrons. The number of benzene rings is 1. The number of aliphatic hydroxyl groups excluding tert-OH is 1. The minimum atomic E-state index is -0.426. The van der Waals surface area contributed by atoms with Crippen LogP contribution in [0.3, 0.4) is 0 Å². The van der Waals surface area contributed by atoms with Gasteiger partial charge in [-0.2, -0.15) is 0 Å². The highest BCUT2D eigenvalue weighted by atomic mass is 16.5. The summed E-state index contributed by atoms with van der Waals surface area (Å²) >= 11 is 0. The summed E-state index contributed by atoms with van der Waals surface area (Å²) in [5.74, 6) is 1.86. The van der Waals surface area contributed by atoms with Crippen molar-refractivity contribution in [1.82, 2.24) is 0 Å². The van der Waals surface area contributed by atoms with Gasteiger partial charge in [0.1, 0.15) is 6.61 Å². The summed E-state index contributed by atoms with van der Waals surface area (Å²) in [4.78, 5) is 0. The first-order valence-corrected chi connectivity index (χ1v) is 6.07. The third kappa shape index (κ3) is 3.93. The molecule has 1 N–H and O–H groups in total. The summed E-state index contributed by atoms with van der Waals surface area (Å²) in [6.45, 7) is 6.49. The van der Waals surface area contributed by atoms with E-state index in [1.54, 1.807) is 7.11 Å². The zero-order valence-corrected chi connectivity index (χ0v) is 11.1. The van der Waals surface area contributed by atoms with E-state index in [4.69, 9.17) is 9.47 Å². The lowest BCUT2D eigenvalue weighted by atomic mass is 10.0. The molecule has 0 aliphatic rings. The Morgan fingerprint density at radius 3 is 2.47 bits per heavy atom. The van der Waals surface area contributed by atoms with Crippen molar-refractivity contribution in [2.75, 3.05) is 13.7 Å². The van der Waals surface area contributed by atoms with Gasteiger partial charge in [-0.1, -0.05) is 26.8 Å². The van der Waals surface area contributed by atoms with Gasteiger partial charge in [-0.25, -0.2) is 0 Å². The Labute approximate surface area is 103 Å². The SMILES string of the molecule is CC[C@H](O)COc1ccc(C(C)C)cc1OC. The van der Waals surface area contributed by atoms with Gasteiger partial charge in [-0.15, -0.1) is 0 Å². The highest BCUT2D eigenvalue weighted by molar-refractivity contribution is 5.43. The van der Waals surface area contributed by atoms with Crippen LogP contribution in [0.25, 0.3) is 0 Å². The molecule has 0 radical (unpaired) electrons. The van der Waals surface area contributed by atoms with Gasteiger partial charge in [0, 0.05) is 0 Å². The lowest BCUT2D eigenvalue weighted by molar-refractivity contribution is 0.102. The lowest BCUT2D eigenvalue weighted by Gasteiger charge is -2.15. The van der Waals surface area contributed by atoms with Crippen molar-refractivity contribution in [3.8, 4) is 11.5 Å². The molecule has 0 saturated heterocycles. The van der Waals surface area contributed by atoms with E-state index in [2.05, 4.69) is 13.8 Å². The van der Waals surface area contributed by atoms with Crippen LogP contribution in [0.2, 0.25) is 0 Å². The predicted molar refractivity (Wildman–Crippen MR) is 68.9 cm³/mol. The summed E-state index contributed by atoms with van der Waals surface area (Å²) in [5, 5.41) is 9.46. The molecule has 1 aromatic carbocycles. The van der Waals surface area contributed by atoms with Crippen LogP contribution in [0.5, 0.6) is 11.5 Å². The maximum absolute atomic E-state index is 9.46. The van der Waals surface area contributed by atoms with Crippen LogP contribution in [-0.2, 0) is 0 Å². The van der Waals surface area contributed by atoms with Crippen LogP contribution in [0.1, 0.15) is 38.7 Å². The monoisotopic (exact) mass is 238 g/mol. The summed E-state index contributed by atoms with van der Waals surface area (Å²) in [5.41, 5.74) is 1.21. The standard InChI is InChI=1S/C14H22O3/c1-5-12(15)9-17-13-7-6-11(10(2)3)8-14(13)16-4/h6-8,10,12,15H,5,9H2,1-4H3/t12-/m0/s1. The van der Waals surface area contributed by atoms with Gasteiger partial charge < -0.3 is 14.6 Å². The Balaban J connectivity index is 2.78. The molecule has 0 unspecified atom stereocenters. The fourth-order valence-electron chi connectivity index (χ4n) is 1.47. The Hall–Kier alpha value is -1.22. The van der Waals surface area contributed by atoms with Crippen molar-refractivity contribution in [3.63, 3.8) is 0 Å². The number of hydrogen-bond donors (Lipinski definition) is 1. The van der Waals surface area contributed by atoms with Gasteiger partial charge in [-0.3, -0.25) is 0 Å². The molecule has 17 heavy (non-hydrogen) atoms.